The van der Waals surface area contributed by atoms with Gasteiger partial charge in [-0.3, -0.25) is 9.80 Å². The average Bonchev–Trinajstić information content (AvgIpc) is 2.23. The number of piperazine rings is 1. The molecule has 1 atom stereocenters. The zero-order valence-corrected chi connectivity index (χ0v) is 12.4. The molecule has 1 saturated heterocycles. The molecule has 1 aliphatic heterocycles. The van der Waals surface area contributed by atoms with E-state index in [9.17, 15) is 0 Å². The third kappa shape index (κ3) is 3.94. The molecule has 0 aliphatic carbocycles. The van der Waals surface area contributed by atoms with E-state index in [2.05, 4.69) is 44.5 Å². The van der Waals surface area contributed by atoms with Crippen LogP contribution in [0.1, 0.15) is 40.5 Å². The number of nitrogens with zero attached hydrogens (tertiary/aromatic N) is 2. The maximum Gasteiger partial charge on any atom is 0.0277 e. The first-order valence-electron chi connectivity index (χ1n) is 6.97. The van der Waals surface area contributed by atoms with Crippen LogP contribution in [0.5, 0.6) is 0 Å². The van der Waals surface area contributed by atoms with Gasteiger partial charge in [0.1, 0.15) is 0 Å². The van der Waals surface area contributed by atoms with Gasteiger partial charge >= 0.3 is 0 Å². The van der Waals surface area contributed by atoms with Crippen molar-refractivity contribution in [3.05, 3.63) is 0 Å². The third-order valence-electron chi connectivity index (χ3n) is 4.35. The molecule has 0 amide bonds. The monoisotopic (exact) mass is 241 g/mol. The number of likely N-dealkylation sites (N-methyl/N-ethyl adjacent to an activating group) is 1. The van der Waals surface area contributed by atoms with Crippen molar-refractivity contribution >= 4 is 0 Å². The van der Waals surface area contributed by atoms with Crippen LogP contribution >= 0.6 is 0 Å². The van der Waals surface area contributed by atoms with E-state index in [4.69, 9.17) is 5.73 Å². The number of hydrogen-bond donors (Lipinski definition) is 1. The molecule has 3 heteroatoms. The van der Waals surface area contributed by atoms with Gasteiger partial charge in [0.05, 0.1) is 0 Å². The van der Waals surface area contributed by atoms with E-state index >= 15 is 0 Å². The van der Waals surface area contributed by atoms with Crippen LogP contribution in [0, 0.1) is 5.41 Å². The molecule has 0 aromatic carbocycles. The molecule has 0 aromatic rings. The smallest absolute Gasteiger partial charge is 0.0277 e. The Hall–Kier alpha value is -0.120. The van der Waals surface area contributed by atoms with Gasteiger partial charge in [-0.2, -0.15) is 0 Å². The molecule has 0 aromatic heterocycles. The van der Waals surface area contributed by atoms with Crippen LogP contribution in [0.3, 0.4) is 0 Å². The zero-order valence-electron chi connectivity index (χ0n) is 12.4. The Balaban J connectivity index is 2.57. The lowest BCUT2D eigenvalue weighted by Gasteiger charge is -2.47. The van der Waals surface area contributed by atoms with E-state index in [-0.39, 0.29) is 0 Å². The van der Waals surface area contributed by atoms with E-state index in [0.717, 1.165) is 19.6 Å². The molecule has 1 aliphatic rings. The van der Waals surface area contributed by atoms with E-state index in [0.29, 0.717) is 11.0 Å². The molecule has 102 valence electrons. The molecule has 2 N–H and O–H groups in total. The summed E-state index contributed by atoms with van der Waals surface area (Å²) in [6.07, 6.45) is 2.46. The molecule has 1 unspecified atom stereocenters. The van der Waals surface area contributed by atoms with E-state index in [1.807, 2.05) is 0 Å². The van der Waals surface area contributed by atoms with Gasteiger partial charge in [0.25, 0.3) is 0 Å². The van der Waals surface area contributed by atoms with Crippen molar-refractivity contribution in [1.29, 1.82) is 0 Å². The van der Waals surface area contributed by atoms with Crippen molar-refractivity contribution in [2.24, 2.45) is 11.1 Å². The summed E-state index contributed by atoms with van der Waals surface area (Å²) in [6, 6.07) is 0. The first kappa shape index (κ1) is 14.9. The fourth-order valence-electron chi connectivity index (χ4n) is 2.87. The van der Waals surface area contributed by atoms with Crippen LogP contribution in [0.25, 0.3) is 0 Å². The van der Waals surface area contributed by atoms with Gasteiger partial charge < -0.3 is 5.73 Å². The van der Waals surface area contributed by atoms with Gasteiger partial charge in [-0.1, -0.05) is 20.3 Å². The SMILES string of the molecule is CCCC(C)(CN)CN1CCN(C)C(C)(C)C1. The molecule has 1 heterocycles. The second-order valence-corrected chi connectivity index (χ2v) is 6.71. The van der Waals surface area contributed by atoms with Gasteiger partial charge in [0, 0.05) is 31.7 Å². The predicted octanol–water partition coefficient (Wildman–Crippen LogP) is 1.78. The van der Waals surface area contributed by atoms with Gasteiger partial charge in [0.2, 0.25) is 0 Å². The molecular formula is C14H31N3. The van der Waals surface area contributed by atoms with E-state index in [1.165, 1.54) is 25.9 Å². The minimum Gasteiger partial charge on any atom is -0.330 e. The van der Waals surface area contributed by atoms with Crippen molar-refractivity contribution in [2.45, 2.75) is 46.1 Å². The minimum atomic E-state index is 0.292. The van der Waals surface area contributed by atoms with E-state index in [1.54, 1.807) is 0 Å². The Morgan fingerprint density at radius 1 is 1.29 bits per heavy atom. The van der Waals surface area contributed by atoms with Crippen LogP contribution < -0.4 is 5.73 Å². The van der Waals surface area contributed by atoms with E-state index < -0.39 is 0 Å². The summed E-state index contributed by atoms with van der Waals surface area (Å²) in [5.74, 6) is 0. The highest BCUT2D eigenvalue weighted by Gasteiger charge is 2.34. The molecule has 1 fully saturated rings. The highest BCUT2D eigenvalue weighted by molar-refractivity contribution is 4.90. The molecule has 1 rings (SSSR count). The fraction of sp³-hybridized carbons (Fsp3) is 1.00. The third-order valence-corrected chi connectivity index (χ3v) is 4.35. The largest absolute Gasteiger partial charge is 0.330 e. The summed E-state index contributed by atoms with van der Waals surface area (Å²) in [5.41, 5.74) is 6.55. The molecule has 0 radical (unpaired) electrons. The van der Waals surface area contributed by atoms with Crippen LogP contribution in [-0.4, -0.2) is 55.1 Å². The Kier molecular flexibility index (Phi) is 4.99. The number of hydrogen-bond acceptors (Lipinski definition) is 3. The van der Waals surface area contributed by atoms with Crippen LogP contribution in [0.2, 0.25) is 0 Å². The lowest BCUT2D eigenvalue weighted by molar-refractivity contribution is 0.0185. The second-order valence-electron chi connectivity index (χ2n) is 6.71. The number of nitrogens with two attached hydrogens (primary N) is 1. The first-order valence-corrected chi connectivity index (χ1v) is 6.97. The molecule has 0 spiro atoms. The maximum absolute atomic E-state index is 5.97. The number of rotatable bonds is 5. The second kappa shape index (κ2) is 5.68. The highest BCUT2D eigenvalue weighted by atomic mass is 15.3. The van der Waals surface area contributed by atoms with Crippen molar-refractivity contribution < 1.29 is 0 Å². The van der Waals surface area contributed by atoms with Crippen molar-refractivity contribution in [3.63, 3.8) is 0 Å². The molecular weight excluding hydrogens is 210 g/mol. The fourth-order valence-corrected chi connectivity index (χ4v) is 2.87. The zero-order chi connectivity index (χ0) is 13.1. The topological polar surface area (TPSA) is 32.5 Å². The lowest BCUT2D eigenvalue weighted by Crippen LogP contribution is -2.59. The Morgan fingerprint density at radius 3 is 2.41 bits per heavy atom. The average molecular weight is 241 g/mol. The molecule has 17 heavy (non-hydrogen) atoms. The van der Waals surface area contributed by atoms with Crippen LogP contribution in [0.15, 0.2) is 0 Å². The lowest BCUT2D eigenvalue weighted by atomic mass is 9.84. The molecule has 3 nitrogen and oxygen atoms in total. The predicted molar refractivity (Wildman–Crippen MR) is 75.2 cm³/mol. The van der Waals surface area contributed by atoms with Crippen molar-refractivity contribution in [3.8, 4) is 0 Å². The van der Waals surface area contributed by atoms with Gasteiger partial charge in [-0.25, -0.2) is 0 Å². The Labute approximate surface area is 107 Å². The van der Waals surface area contributed by atoms with Crippen LogP contribution in [-0.2, 0) is 0 Å². The summed E-state index contributed by atoms with van der Waals surface area (Å²) < 4.78 is 0. The van der Waals surface area contributed by atoms with Gasteiger partial charge in [-0.15, -0.1) is 0 Å². The maximum atomic E-state index is 5.97. The van der Waals surface area contributed by atoms with Crippen molar-refractivity contribution in [1.82, 2.24) is 9.80 Å². The highest BCUT2D eigenvalue weighted by Crippen LogP contribution is 2.26. The summed E-state index contributed by atoms with van der Waals surface area (Å²) in [4.78, 5) is 5.06. The minimum absolute atomic E-state index is 0.292. The quantitative estimate of drug-likeness (QED) is 0.796. The normalized spacial score (nSPS) is 25.8. The molecule has 0 saturated carbocycles. The van der Waals surface area contributed by atoms with Gasteiger partial charge in [0.15, 0.2) is 0 Å². The first-order chi connectivity index (χ1) is 7.83. The molecule has 0 bridgehead atoms. The summed E-state index contributed by atoms with van der Waals surface area (Å²) >= 11 is 0. The standard InChI is InChI=1S/C14H31N3/c1-6-7-14(4,10-15)12-17-9-8-16(5)13(2,3)11-17/h6-12,15H2,1-5H3. The summed E-state index contributed by atoms with van der Waals surface area (Å²) in [5, 5.41) is 0. The Morgan fingerprint density at radius 2 is 1.94 bits per heavy atom. The van der Waals surface area contributed by atoms with Gasteiger partial charge in [-0.05, 0) is 39.3 Å². The van der Waals surface area contributed by atoms with Crippen molar-refractivity contribution in [2.75, 3.05) is 39.8 Å². The summed E-state index contributed by atoms with van der Waals surface area (Å²) in [6.45, 7) is 14.7. The Bertz CT molecular complexity index is 240. The van der Waals surface area contributed by atoms with Crippen LogP contribution in [0.4, 0.5) is 0 Å². The summed E-state index contributed by atoms with van der Waals surface area (Å²) in [7, 11) is 2.23.